The van der Waals surface area contributed by atoms with E-state index < -0.39 is 5.97 Å². The van der Waals surface area contributed by atoms with Crippen molar-refractivity contribution >= 4 is 23.8 Å². The van der Waals surface area contributed by atoms with E-state index in [1.165, 1.54) is 0 Å². The van der Waals surface area contributed by atoms with Gasteiger partial charge >= 0.3 is 5.97 Å². The molecule has 0 radical (unpaired) electrons. The van der Waals surface area contributed by atoms with Crippen LogP contribution >= 0.6 is 0 Å². The molecule has 0 saturated carbocycles. The number of nitrogens with one attached hydrogen (secondary N) is 1. The zero-order valence-corrected chi connectivity index (χ0v) is 19.7. The predicted molar refractivity (Wildman–Crippen MR) is 132 cm³/mol. The van der Waals surface area contributed by atoms with Gasteiger partial charge in [0.1, 0.15) is 11.9 Å². The molecule has 180 valence electrons. The van der Waals surface area contributed by atoms with Crippen LogP contribution in [-0.2, 0) is 11.2 Å². The fraction of sp³-hybridized carbons (Fsp3) is 0.423. The van der Waals surface area contributed by atoms with Crippen molar-refractivity contribution in [3.05, 3.63) is 59.2 Å². The molecule has 2 N–H and O–H groups in total. The first-order valence-electron chi connectivity index (χ1n) is 11.8. The molecule has 4 rings (SSSR count). The number of anilines is 1. The van der Waals surface area contributed by atoms with Crippen LogP contribution in [0.3, 0.4) is 0 Å². The van der Waals surface area contributed by atoms with Gasteiger partial charge in [0.15, 0.2) is 0 Å². The Labute approximate surface area is 200 Å². The Hall–Kier alpha value is -3.39. The Kier molecular flexibility index (Phi) is 7.47. The van der Waals surface area contributed by atoms with Gasteiger partial charge < -0.3 is 20.1 Å². The van der Waals surface area contributed by atoms with Gasteiger partial charge in [-0.2, -0.15) is 5.10 Å². The number of nitrogens with zero attached hydrogens (tertiary/aromatic N) is 3. The zero-order valence-electron chi connectivity index (χ0n) is 19.7. The molecule has 0 aliphatic carbocycles. The lowest BCUT2D eigenvalue weighted by Crippen LogP contribution is -2.41. The second kappa shape index (κ2) is 10.7. The second-order valence-corrected chi connectivity index (χ2v) is 9.03. The monoisotopic (exact) mass is 464 g/mol. The maximum atomic E-state index is 12.8. The second-order valence-electron chi connectivity index (χ2n) is 9.03. The van der Waals surface area contributed by atoms with Crippen molar-refractivity contribution < 1.29 is 19.4 Å². The molecule has 2 unspecified atom stereocenters. The lowest BCUT2D eigenvalue weighted by atomic mass is 9.87. The number of benzene rings is 2. The van der Waals surface area contributed by atoms with Crippen LogP contribution < -0.4 is 10.1 Å². The van der Waals surface area contributed by atoms with E-state index in [0.717, 1.165) is 43.7 Å². The maximum Gasteiger partial charge on any atom is 0.303 e. The van der Waals surface area contributed by atoms with E-state index in [9.17, 15) is 14.7 Å². The molecule has 1 saturated heterocycles. The summed E-state index contributed by atoms with van der Waals surface area (Å²) in [5, 5.41) is 18.7. The number of carboxylic acids is 1. The van der Waals surface area contributed by atoms with Crippen molar-refractivity contribution in [2.75, 3.05) is 38.5 Å². The fourth-order valence-corrected chi connectivity index (χ4v) is 4.41. The molecule has 2 heterocycles. The summed E-state index contributed by atoms with van der Waals surface area (Å²) in [4.78, 5) is 26.2. The van der Waals surface area contributed by atoms with Crippen LogP contribution in [0.2, 0.25) is 0 Å². The summed E-state index contributed by atoms with van der Waals surface area (Å²) in [6.45, 7) is 5.84. The Morgan fingerprint density at radius 2 is 1.88 bits per heavy atom. The molecule has 1 fully saturated rings. The summed E-state index contributed by atoms with van der Waals surface area (Å²) in [5.41, 5.74) is 3.12. The number of piperazine rings is 1. The quantitative estimate of drug-likeness (QED) is 0.611. The van der Waals surface area contributed by atoms with E-state index in [4.69, 9.17) is 4.74 Å². The van der Waals surface area contributed by atoms with E-state index in [1.807, 2.05) is 43.5 Å². The molecule has 0 aromatic heterocycles. The van der Waals surface area contributed by atoms with Crippen molar-refractivity contribution in [1.29, 1.82) is 0 Å². The van der Waals surface area contributed by atoms with Crippen molar-refractivity contribution in [1.82, 2.24) is 9.91 Å². The van der Waals surface area contributed by atoms with Crippen molar-refractivity contribution in [2.24, 2.45) is 11.0 Å². The molecule has 1 amide bonds. The van der Waals surface area contributed by atoms with E-state index in [1.54, 1.807) is 12.1 Å². The predicted octanol–water partition coefficient (Wildman–Crippen LogP) is 3.32. The third-order valence-corrected chi connectivity index (χ3v) is 6.47. The maximum absolute atomic E-state index is 12.8. The molecule has 34 heavy (non-hydrogen) atoms. The summed E-state index contributed by atoms with van der Waals surface area (Å²) in [6, 6.07) is 12.9. The molecule has 2 aliphatic rings. The topological polar surface area (TPSA) is 94.5 Å². The normalized spacial score (nSPS) is 20.6. The first kappa shape index (κ1) is 23.8. The summed E-state index contributed by atoms with van der Waals surface area (Å²) in [5.74, 6) is -0.347. The summed E-state index contributed by atoms with van der Waals surface area (Å²) in [6.07, 6.45) is 3.17. The smallest absolute Gasteiger partial charge is 0.303 e. The average molecular weight is 465 g/mol. The van der Waals surface area contributed by atoms with Gasteiger partial charge in [-0.15, -0.1) is 0 Å². The molecule has 2 aliphatic heterocycles. The van der Waals surface area contributed by atoms with Crippen LogP contribution in [0, 0.1) is 5.92 Å². The minimum Gasteiger partial charge on any atom is -0.490 e. The van der Waals surface area contributed by atoms with Gasteiger partial charge in [-0.3, -0.25) is 14.6 Å². The highest BCUT2D eigenvalue weighted by Crippen LogP contribution is 2.35. The number of rotatable bonds is 7. The molecule has 0 spiro atoms. The molecule has 8 heteroatoms. The molecule has 2 aromatic rings. The Morgan fingerprint density at radius 1 is 1.15 bits per heavy atom. The minimum atomic E-state index is -0.809. The molecule has 2 aromatic carbocycles. The highest BCUT2D eigenvalue weighted by atomic mass is 16.5. The number of amides is 1. The fourth-order valence-electron chi connectivity index (χ4n) is 4.41. The minimum absolute atomic E-state index is 0.0475. The largest absolute Gasteiger partial charge is 0.490 e. The van der Waals surface area contributed by atoms with Crippen LogP contribution in [0.5, 0.6) is 5.75 Å². The molecule has 0 bridgehead atoms. The summed E-state index contributed by atoms with van der Waals surface area (Å²) >= 11 is 0. The van der Waals surface area contributed by atoms with Crippen LogP contribution in [0.25, 0.3) is 0 Å². The third kappa shape index (κ3) is 5.94. The highest BCUT2D eigenvalue weighted by molar-refractivity contribution is 6.04. The van der Waals surface area contributed by atoms with Gasteiger partial charge in [0.2, 0.25) is 0 Å². The molecular weight excluding hydrogens is 432 g/mol. The van der Waals surface area contributed by atoms with Gasteiger partial charge in [0, 0.05) is 49.4 Å². The Bertz CT molecular complexity index is 1050. The van der Waals surface area contributed by atoms with Gasteiger partial charge in [-0.05, 0) is 49.2 Å². The summed E-state index contributed by atoms with van der Waals surface area (Å²) < 4.78 is 6.09. The molecular formula is C26H32N4O4. The van der Waals surface area contributed by atoms with Crippen molar-refractivity contribution in [3.8, 4) is 5.75 Å². The van der Waals surface area contributed by atoms with Crippen LogP contribution in [0.1, 0.15) is 41.3 Å². The number of hydrogen-bond acceptors (Lipinski definition) is 6. The lowest BCUT2D eigenvalue weighted by Gasteiger charge is -2.32. The van der Waals surface area contributed by atoms with Gasteiger partial charge in [0.05, 0.1) is 12.6 Å². The van der Waals surface area contributed by atoms with Crippen LogP contribution in [-0.4, -0.2) is 72.4 Å². The van der Waals surface area contributed by atoms with E-state index in [-0.39, 0.29) is 24.3 Å². The van der Waals surface area contributed by atoms with Crippen LogP contribution in [0.4, 0.5) is 5.69 Å². The first-order valence-corrected chi connectivity index (χ1v) is 11.8. The molecule has 8 nitrogen and oxygen atoms in total. The van der Waals surface area contributed by atoms with E-state index in [0.29, 0.717) is 23.4 Å². The van der Waals surface area contributed by atoms with Gasteiger partial charge in [-0.25, -0.2) is 0 Å². The number of ether oxygens (including phenoxy) is 1. The number of hydrazone groups is 1. The number of carbonyl (C=O) groups excluding carboxylic acids is 1. The zero-order chi connectivity index (χ0) is 24.1. The number of carboxylic acid groups (broad SMARTS) is 1. The van der Waals surface area contributed by atoms with Crippen LogP contribution in [0.15, 0.2) is 47.6 Å². The highest BCUT2D eigenvalue weighted by Gasteiger charge is 2.30. The SMILES string of the molecule is CCC1Oc2cc(NC(=O)c3ccc(C=NN4CCN(C)CC4)cc3)ccc2CC1CC(=O)O. The number of likely N-dealkylation sites (N-methyl/N-ethyl adjacent to an activating group) is 1. The number of carbonyl (C=O) groups is 2. The van der Waals surface area contributed by atoms with E-state index >= 15 is 0 Å². The van der Waals surface area contributed by atoms with E-state index in [2.05, 4.69) is 27.4 Å². The third-order valence-electron chi connectivity index (χ3n) is 6.47. The average Bonchev–Trinajstić information content (AvgIpc) is 2.83. The number of aliphatic carboxylic acids is 1. The first-order chi connectivity index (χ1) is 16.4. The molecule has 2 atom stereocenters. The van der Waals surface area contributed by atoms with Crippen molar-refractivity contribution in [3.63, 3.8) is 0 Å². The Balaban J connectivity index is 1.37. The lowest BCUT2D eigenvalue weighted by molar-refractivity contribution is -0.139. The van der Waals surface area contributed by atoms with Crippen molar-refractivity contribution in [2.45, 2.75) is 32.3 Å². The number of fused-ring (bicyclic) bond motifs is 1. The van der Waals surface area contributed by atoms with Gasteiger partial charge in [-0.1, -0.05) is 25.1 Å². The standard InChI is InChI=1S/C26H32N4O4/c1-3-23-21(15-25(31)32)14-20-8-9-22(16-24(20)34-23)28-26(33)19-6-4-18(5-7-19)17-27-30-12-10-29(2)11-13-30/h4-9,16-17,21,23H,3,10-15H2,1-2H3,(H,28,33)(H,31,32). The summed E-state index contributed by atoms with van der Waals surface area (Å²) in [7, 11) is 2.11. The number of hydrogen-bond donors (Lipinski definition) is 2. The van der Waals surface area contributed by atoms with Gasteiger partial charge in [0.25, 0.3) is 5.91 Å². The Morgan fingerprint density at radius 3 is 2.56 bits per heavy atom.